The fourth-order valence-electron chi connectivity index (χ4n) is 3.11. The number of benzene rings is 2. The molecule has 0 radical (unpaired) electrons. The third-order valence-electron chi connectivity index (χ3n) is 4.68. The zero-order chi connectivity index (χ0) is 19.9. The molecule has 0 spiro atoms. The van der Waals surface area contributed by atoms with Crippen molar-refractivity contribution < 1.29 is 9.84 Å². The molecular formula is C22H20ClN3O2. The number of rotatable bonds is 4. The second kappa shape index (κ2) is 6.93. The average molecular weight is 394 g/mol. The van der Waals surface area contributed by atoms with Gasteiger partial charge in [-0.2, -0.15) is 0 Å². The molecule has 1 N–H and O–H groups in total. The van der Waals surface area contributed by atoms with E-state index < -0.39 is 5.60 Å². The Morgan fingerprint density at radius 3 is 2.64 bits per heavy atom. The van der Waals surface area contributed by atoms with Gasteiger partial charge in [-0.1, -0.05) is 23.7 Å². The summed E-state index contributed by atoms with van der Waals surface area (Å²) in [5.74, 6) is 1.45. The van der Waals surface area contributed by atoms with Gasteiger partial charge in [0.1, 0.15) is 17.9 Å². The Bertz CT molecular complexity index is 1160. The highest BCUT2D eigenvalue weighted by Gasteiger charge is 2.17. The van der Waals surface area contributed by atoms with E-state index in [-0.39, 0.29) is 0 Å². The van der Waals surface area contributed by atoms with Gasteiger partial charge < -0.3 is 9.84 Å². The van der Waals surface area contributed by atoms with Gasteiger partial charge >= 0.3 is 0 Å². The van der Waals surface area contributed by atoms with Crippen molar-refractivity contribution in [3.05, 3.63) is 71.5 Å². The Hall–Kier alpha value is -2.89. The molecule has 4 aromatic rings. The van der Waals surface area contributed by atoms with Gasteiger partial charge in [-0.15, -0.1) is 0 Å². The molecule has 142 valence electrons. The van der Waals surface area contributed by atoms with Crippen LogP contribution in [0.4, 0.5) is 0 Å². The van der Waals surface area contributed by atoms with Gasteiger partial charge in [-0.3, -0.25) is 4.57 Å². The van der Waals surface area contributed by atoms with Crippen LogP contribution in [0.1, 0.15) is 19.4 Å². The molecule has 6 heteroatoms. The van der Waals surface area contributed by atoms with Crippen molar-refractivity contribution in [1.29, 1.82) is 0 Å². The Balaban J connectivity index is 1.80. The highest BCUT2D eigenvalue weighted by molar-refractivity contribution is 6.33. The fourth-order valence-corrected chi connectivity index (χ4v) is 3.33. The van der Waals surface area contributed by atoms with Gasteiger partial charge in [0.2, 0.25) is 0 Å². The van der Waals surface area contributed by atoms with Crippen LogP contribution in [-0.2, 0) is 5.60 Å². The third-order valence-corrected chi connectivity index (χ3v) is 5.01. The predicted molar refractivity (Wildman–Crippen MR) is 111 cm³/mol. The quantitative estimate of drug-likeness (QED) is 0.531. The predicted octanol–water partition coefficient (Wildman–Crippen LogP) is 4.98. The number of fused-ring (bicyclic) bond motifs is 1. The van der Waals surface area contributed by atoms with Gasteiger partial charge in [0.25, 0.3) is 0 Å². The van der Waals surface area contributed by atoms with Crippen LogP contribution in [0, 0.1) is 0 Å². The molecule has 5 nitrogen and oxygen atoms in total. The zero-order valence-electron chi connectivity index (χ0n) is 15.8. The summed E-state index contributed by atoms with van der Waals surface area (Å²) < 4.78 is 7.23. The van der Waals surface area contributed by atoms with E-state index in [1.165, 1.54) is 0 Å². The first-order chi connectivity index (χ1) is 13.4. The van der Waals surface area contributed by atoms with Crippen LogP contribution in [-0.4, -0.2) is 26.8 Å². The normalized spacial score (nSPS) is 11.8. The Labute approximate surface area is 168 Å². The van der Waals surface area contributed by atoms with Crippen molar-refractivity contribution in [3.8, 4) is 22.8 Å². The molecule has 0 unspecified atom stereocenters. The molecule has 0 amide bonds. The summed E-state index contributed by atoms with van der Waals surface area (Å²) in [4.78, 5) is 9.26. The lowest BCUT2D eigenvalue weighted by atomic mass is 9.98. The maximum Gasteiger partial charge on any atom is 0.139 e. The van der Waals surface area contributed by atoms with Crippen molar-refractivity contribution in [1.82, 2.24) is 14.5 Å². The van der Waals surface area contributed by atoms with E-state index in [2.05, 4.69) is 4.98 Å². The van der Waals surface area contributed by atoms with Gasteiger partial charge in [-0.05, 0) is 61.9 Å². The van der Waals surface area contributed by atoms with Crippen LogP contribution in [0.2, 0.25) is 5.02 Å². The molecule has 2 heterocycles. The fraction of sp³-hybridized carbons (Fsp3) is 0.182. The number of imidazole rings is 1. The van der Waals surface area contributed by atoms with E-state index in [0.29, 0.717) is 5.02 Å². The number of ether oxygens (including phenoxy) is 1. The summed E-state index contributed by atoms with van der Waals surface area (Å²) in [6.07, 6.45) is 1.73. The van der Waals surface area contributed by atoms with Crippen molar-refractivity contribution in [2.24, 2.45) is 0 Å². The molecule has 2 aromatic heterocycles. The van der Waals surface area contributed by atoms with Crippen molar-refractivity contribution in [3.63, 3.8) is 0 Å². The summed E-state index contributed by atoms with van der Waals surface area (Å²) in [6, 6.07) is 17.0. The number of nitrogens with zero attached hydrogens (tertiary/aromatic N) is 3. The number of aromatic nitrogens is 3. The zero-order valence-corrected chi connectivity index (χ0v) is 16.6. The van der Waals surface area contributed by atoms with E-state index in [1.807, 2.05) is 53.1 Å². The number of hydrogen-bond donors (Lipinski definition) is 1. The van der Waals surface area contributed by atoms with Gasteiger partial charge in [0, 0.05) is 5.56 Å². The summed E-state index contributed by atoms with van der Waals surface area (Å²) >= 11 is 6.38. The highest BCUT2D eigenvalue weighted by atomic mass is 35.5. The standard InChI is InChI=1S/C22H20ClN3O2/c1-22(2,27)14-7-10-20-19(11-14)24-13-26(20)21-6-4-5-18(25-21)16-12-15(28-3)8-9-17(16)23/h4-13,27H,1-3H3. The first-order valence-corrected chi connectivity index (χ1v) is 9.26. The monoisotopic (exact) mass is 393 g/mol. The molecule has 0 fully saturated rings. The first kappa shape index (κ1) is 18.5. The lowest BCUT2D eigenvalue weighted by Gasteiger charge is -2.17. The van der Waals surface area contributed by atoms with Crippen LogP contribution in [0.25, 0.3) is 28.1 Å². The maximum atomic E-state index is 10.2. The molecule has 2 aromatic carbocycles. The first-order valence-electron chi connectivity index (χ1n) is 8.88. The minimum atomic E-state index is -0.917. The topological polar surface area (TPSA) is 60.2 Å². The van der Waals surface area contributed by atoms with E-state index in [1.54, 1.807) is 33.4 Å². The van der Waals surface area contributed by atoms with Crippen molar-refractivity contribution in [2.45, 2.75) is 19.4 Å². The molecule has 0 bridgehead atoms. The number of methoxy groups -OCH3 is 1. The molecule has 0 aliphatic carbocycles. The molecule has 0 aliphatic heterocycles. The van der Waals surface area contributed by atoms with Crippen molar-refractivity contribution in [2.75, 3.05) is 7.11 Å². The van der Waals surface area contributed by atoms with Crippen molar-refractivity contribution >= 4 is 22.6 Å². The molecule has 0 aliphatic rings. The summed E-state index contributed by atoms with van der Waals surface area (Å²) in [6.45, 7) is 3.52. The van der Waals surface area contributed by atoms with E-state index in [0.717, 1.165) is 39.4 Å². The smallest absolute Gasteiger partial charge is 0.139 e. The molecule has 0 atom stereocenters. The lowest BCUT2D eigenvalue weighted by molar-refractivity contribution is 0.0787. The summed E-state index contributed by atoms with van der Waals surface area (Å²) in [5, 5.41) is 10.8. The van der Waals surface area contributed by atoms with E-state index in [4.69, 9.17) is 21.3 Å². The van der Waals surface area contributed by atoms with Crippen LogP contribution >= 0.6 is 11.6 Å². The summed E-state index contributed by atoms with van der Waals surface area (Å²) in [5.41, 5.74) is 3.16. The molecule has 0 saturated heterocycles. The second-order valence-electron chi connectivity index (χ2n) is 7.10. The van der Waals surface area contributed by atoms with Gasteiger partial charge in [-0.25, -0.2) is 9.97 Å². The molecule has 4 rings (SSSR count). The molecule has 28 heavy (non-hydrogen) atoms. The highest BCUT2D eigenvalue weighted by Crippen LogP contribution is 2.31. The second-order valence-corrected chi connectivity index (χ2v) is 7.51. The number of pyridine rings is 1. The lowest BCUT2D eigenvalue weighted by Crippen LogP contribution is -2.15. The van der Waals surface area contributed by atoms with E-state index in [9.17, 15) is 5.11 Å². The Morgan fingerprint density at radius 1 is 1.07 bits per heavy atom. The molecule has 0 saturated carbocycles. The van der Waals surface area contributed by atoms with Gasteiger partial charge in [0.15, 0.2) is 0 Å². The Morgan fingerprint density at radius 2 is 1.89 bits per heavy atom. The van der Waals surface area contributed by atoms with Crippen LogP contribution < -0.4 is 4.74 Å². The Kier molecular flexibility index (Phi) is 4.57. The van der Waals surface area contributed by atoms with E-state index >= 15 is 0 Å². The minimum Gasteiger partial charge on any atom is -0.497 e. The summed E-state index contributed by atoms with van der Waals surface area (Å²) in [7, 11) is 1.62. The third kappa shape index (κ3) is 3.35. The largest absolute Gasteiger partial charge is 0.497 e. The van der Waals surface area contributed by atoms with Gasteiger partial charge in [0.05, 0.1) is 34.5 Å². The van der Waals surface area contributed by atoms with Crippen LogP contribution in [0.5, 0.6) is 5.75 Å². The minimum absolute atomic E-state index is 0.607. The maximum absolute atomic E-state index is 10.2. The number of halogens is 1. The number of hydrogen-bond acceptors (Lipinski definition) is 4. The number of aliphatic hydroxyl groups is 1. The SMILES string of the molecule is COc1ccc(Cl)c(-c2cccc(-n3cnc4cc(C(C)(C)O)ccc43)n2)c1. The van der Waals surface area contributed by atoms with Crippen LogP contribution in [0.15, 0.2) is 60.9 Å². The van der Waals surface area contributed by atoms with Crippen LogP contribution in [0.3, 0.4) is 0 Å². The molecular weight excluding hydrogens is 374 g/mol. The average Bonchev–Trinajstić information content (AvgIpc) is 3.11.